The van der Waals surface area contributed by atoms with Gasteiger partial charge in [-0.15, -0.1) is 0 Å². The molecule has 0 saturated heterocycles. The van der Waals surface area contributed by atoms with Gasteiger partial charge in [-0.3, -0.25) is 0 Å². The van der Waals surface area contributed by atoms with E-state index in [1.807, 2.05) is 22.9 Å². The second kappa shape index (κ2) is 6.52. The summed E-state index contributed by atoms with van der Waals surface area (Å²) in [5.74, 6) is 1.83. The van der Waals surface area contributed by atoms with Crippen LogP contribution in [-0.4, -0.2) is 21.9 Å². The van der Waals surface area contributed by atoms with Crippen molar-refractivity contribution in [1.82, 2.24) is 20.1 Å². The van der Waals surface area contributed by atoms with E-state index >= 15 is 0 Å². The SMILES string of the molecule is COc1cccc([C@H](C)NCc2ncnn2C(C)C)c1. The van der Waals surface area contributed by atoms with E-state index in [2.05, 4.69) is 42.2 Å². The number of hydrogen-bond donors (Lipinski definition) is 1. The van der Waals surface area contributed by atoms with Gasteiger partial charge in [0.05, 0.1) is 13.7 Å². The van der Waals surface area contributed by atoms with Gasteiger partial charge in [-0.25, -0.2) is 9.67 Å². The van der Waals surface area contributed by atoms with Crippen molar-refractivity contribution in [3.63, 3.8) is 0 Å². The molecular weight excluding hydrogens is 252 g/mol. The van der Waals surface area contributed by atoms with Crippen LogP contribution < -0.4 is 10.1 Å². The van der Waals surface area contributed by atoms with E-state index in [-0.39, 0.29) is 6.04 Å². The lowest BCUT2D eigenvalue weighted by Crippen LogP contribution is -2.21. The summed E-state index contributed by atoms with van der Waals surface area (Å²) in [7, 11) is 1.68. The predicted molar refractivity (Wildman–Crippen MR) is 78.7 cm³/mol. The van der Waals surface area contributed by atoms with Crippen LogP contribution in [0.3, 0.4) is 0 Å². The van der Waals surface area contributed by atoms with Gasteiger partial charge in [0.1, 0.15) is 17.9 Å². The van der Waals surface area contributed by atoms with Crippen LogP contribution in [-0.2, 0) is 6.54 Å². The molecule has 1 N–H and O–H groups in total. The molecule has 0 saturated carbocycles. The van der Waals surface area contributed by atoms with Gasteiger partial charge in [0.15, 0.2) is 0 Å². The first-order valence-corrected chi connectivity index (χ1v) is 6.87. The molecule has 0 spiro atoms. The van der Waals surface area contributed by atoms with E-state index < -0.39 is 0 Å². The molecule has 1 heterocycles. The highest BCUT2D eigenvalue weighted by atomic mass is 16.5. The zero-order chi connectivity index (χ0) is 14.5. The number of benzene rings is 1. The number of nitrogens with zero attached hydrogens (tertiary/aromatic N) is 3. The molecule has 0 aliphatic rings. The topological polar surface area (TPSA) is 52.0 Å². The van der Waals surface area contributed by atoms with Crippen LogP contribution in [0.4, 0.5) is 0 Å². The molecule has 0 amide bonds. The summed E-state index contributed by atoms with van der Waals surface area (Å²) in [6.07, 6.45) is 1.60. The maximum Gasteiger partial charge on any atom is 0.141 e. The lowest BCUT2D eigenvalue weighted by Gasteiger charge is -2.16. The molecule has 20 heavy (non-hydrogen) atoms. The number of hydrogen-bond acceptors (Lipinski definition) is 4. The van der Waals surface area contributed by atoms with Crippen molar-refractivity contribution >= 4 is 0 Å². The van der Waals surface area contributed by atoms with E-state index in [1.165, 1.54) is 5.56 Å². The molecular formula is C15H22N4O. The molecule has 2 rings (SSSR count). The van der Waals surface area contributed by atoms with Gasteiger partial charge in [-0.1, -0.05) is 12.1 Å². The first kappa shape index (κ1) is 14.5. The molecule has 108 valence electrons. The van der Waals surface area contributed by atoms with Crippen LogP contribution in [0, 0.1) is 0 Å². The highest BCUT2D eigenvalue weighted by molar-refractivity contribution is 5.30. The number of nitrogens with one attached hydrogen (secondary N) is 1. The molecule has 5 heteroatoms. The maximum atomic E-state index is 5.25. The molecule has 2 aromatic rings. The van der Waals surface area contributed by atoms with Crippen LogP contribution in [0.2, 0.25) is 0 Å². The van der Waals surface area contributed by atoms with Crippen LogP contribution >= 0.6 is 0 Å². The van der Waals surface area contributed by atoms with Crippen molar-refractivity contribution in [3.8, 4) is 5.75 Å². The van der Waals surface area contributed by atoms with E-state index in [0.29, 0.717) is 12.6 Å². The third-order valence-corrected chi connectivity index (χ3v) is 3.30. The van der Waals surface area contributed by atoms with Crippen molar-refractivity contribution in [3.05, 3.63) is 42.0 Å². The van der Waals surface area contributed by atoms with Crippen LogP contribution in [0.15, 0.2) is 30.6 Å². The lowest BCUT2D eigenvalue weighted by atomic mass is 10.1. The maximum absolute atomic E-state index is 5.25. The van der Waals surface area contributed by atoms with E-state index in [9.17, 15) is 0 Å². The Morgan fingerprint density at radius 2 is 2.10 bits per heavy atom. The van der Waals surface area contributed by atoms with Gasteiger partial charge in [-0.2, -0.15) is 5.10 Å². The average Bonchev–Trinajstić information content (AvgIpc) is 2.93. The summed E-state index contributed by atoms with van der Waals surface area (Å²) in [6.45, 7) is 7.02. The monoisotopic (exact) mass is 274 g/mol. The van der Waals surface area contributed by atoms with Crippen molar-refractivity contribution in [2.45, 2.75) is 39.4 Å². The molecule has 0 bridgehead atoms. The minimum absolute atomic E-state index is 0.224. The zero-order valence-corrected chi connectivity index (χ0v) is 12.5. The molecule has 0 aliphatic carbocycles. The number of ether oxygens (including phenoxy) is 1. The summed E-state index contributed by atoms with van der Waals surface area (Å²) in [5, 5.41) is 7.71. The van der Waals surface area contributed by atoms with Crippen molar-refractivity contribution in [2.75, 3.05) is 7.11 Å². The van der Waals surface area contributed by atoms with Gasteiger partial charge >= 0.3 is 0 Å². The van der Waals surface area contributed by atoms with E-state index in [4.69, 9.17) is 4.74 Å². The van der Waals surface area contributed by atoms with Crippen LogP contribution in [0.25, 0.3) is 0 Å². The number of methoxy groups -OCH3 is 1. The fraction of sp³-hybridized carbons (Fsp3) is 0.467. The second-order valence-electron chi connectivity index (χ2n) is 5.09. The summed E-state index contributed by atoms with van der Waals surface area (Å²) in [5.41, 5.74) is 1.19. The Morgan fingerprint density at radius 3 is 2.80 bits per heavy atom. The highest BCUT2D eigenvalue weighted by Gasteiger charge is 2.10. The molecule has 1 atom stereocenters. The zero-order valence-electron chi connectivity index (χ0n) is 12.5. The van der Waals surface area contributed by atoms with Gasteiger partial charge in [0.25, 0.3) is 0 Å². The lowest BCUT2D eigenvalue weighted by molar-refractivity contribution is 0.413. The molecule has 0 unspecified atom stereocenters. The fourth-order valence-corrected chi connectivity index (χ4v) is 2.11. The van der Waals surface area contributed by atoms with Crippen molar-refractivity contribution in [1.29, 1.82) is 0 Å². The van der Waals surface area contributed by atoms with Gasteiger partial charge in [0, 0.05) is 12.1 Å². The Kier molecular flexibility index (Phi) is 4.74. The quantitative estimate of drug-likeness (QED) is 0.880. The Hall–Kier alpha value is -1.88. The Balaban J connectivity index is 2.01. The van der Waals surface area contributed by atoms with E-state index in [0.717, 1.165) is 11.6 Å². The molecule has 0 radical (unpaired) electrons. The first-order valence-electron chi connectivity index (χ1n) is 6.87. The molecule has 5 nitrogen and oxygen atoms in total. The average molecular weight is 274 g/mol. The smallest absolute Gasteiger partial charge is 0.141 e. The van der Waals surface area contributed by atoms with Gasteiger partial charge < -0.3 is 10.1 Å². The molecule has 0 fully saturated rings. The normalized spacial score (nSPS) is 12.7. The molecule has 1 aromatic heterocycles. The van der Waals surface area contributed by atoms with Crippen LogP contribution in [0.1, 0.15) is 44.2 Å². The highest BCUT2D eigenvalue weighted by Crippen LogP contribution is 2.19. The Labute approximate surface area is 120 Å². The number of aromatic nitrogens is 3. The first-order chi connectivity index (χ1) is 9.61. The Bertz CT molecular complexity index is 550. The minimum Gasteiger partial charge on any atom is -0.497 e. The standard InChI is InChI=1S/C15H22N4O/c1-11(2)19-15(17-10-18-19)9-16-12(3)13-6-5-7-14(8-13)20-4/h5-8,10-12,16H,9H2,1-4H3/t12-/m0/s1. The second-order valence-corrected chi connectivity index (χ2v) is 5.09. The number of rotatable bonds is 6. The largest absolute Gasteiger partial charge is 0.497 e. The summed E-state index contributed by atoms with van der Waals surface area (Å²) in [6, 6.07) is 8.64. The van der Waals surface area contributed by atoms with Crippen LogP contribution in [0.5, 0.6) is 5.75 Å². The van der Waals surface area contributed by atoms with Gasteiger partial charge in [0.2, 0.25) is 0 Å². The minimum atomic E-state index is 0.224. The van der Waals surface area contributed by atoms with Crippen molar-refractivity contribution < 1.29 is 4.74 Å². The predicted octanol–water partition coefficient (Wildman–Crippen LogP) is 2.72. The summed E-state index contributed by atoms with van der Waals surface area (Å²) in [4.78, 5) is 4.30. The third-order valence-electron chi connectivity index (χ3n) is 3.30. The summed E-state index contributed by atoms with van der Waals surface area (Å²) >= 11 is 0. The molecule has 0 aliphatic heterocycles. The summed E-state index contributed by atoms with van der Waals surface area (Å²) < 4.78 is 7.19. The molecule has 1 aromatic carbocycles. The fourth-order valence-electron chi connectivity index (χ4n) is 2.11. The Morgan fingerprint density at radius 1 is 1.30 bits per heavy atom. The van der Waals surface area contributed by atoms with Gasteiger partial charge in [-0.05, 0) is 38.5 Å². The van der Waals surface area contributed by atoms with Crippen molar-refractivity contribution in [2.24, 2.45) is 0 Å². The third kappa shape index (κ3) is 3.36. The van der Waals surface area contributed by atoms with E-state index in [1.54, 1.807) is 13.4 Å².